The van der Waals surface area contributed by atoms with E-state index in [2.05, 4.69) is 10.6 Å². The number of hydrogen-bond donors (Lipinski definition) is 2. The Morgan fingerprint density at radius 2 is 1.59 bits per heavy atom. The number of carbonyl (C=O) groups is 2. The molecular weight excluding hydrogens is 414 g/mol. The summed E-state index contributed by atoms with van der Waals surface area (Å²) in [6.07, 6.45) is 0. The van der Waals surface area contributed by atoms with Gasteiger partial charge >= 0.3 is 5.69 Å². The minimum absolute atomic E-state index is 0.0408. The molecule has 0 aromatic heterocycles. The van der Waals surface area contributed by atoms with Gasteiger partial charge in [-0.15, -0.1) is 0 Å². The molecule has 0 bridgehead atoms. The maximum atomic E-state index is 12.2. The van der Waals surface area contributed by atoms with Crippen molar-refractivity contribution in [2.75, 3.05) is 19.0 Å². The Balaban J connectivity index is 1.53. The molecule has 0 saturated heterocycles. The van der Waals surface area contributed by atoms with Crippen LogP contribution in [0.5, 0.6) is 17.2 Å². The predicted octanol–water partition coefficient (Wildman–Crippen LogP) is 4.07. The molecule has 3 rings (SSSR count). The number of nitrogens with one attached hydrogen (secondary N) is 2. The first kappa shape index (κ1) is 22.3. The van der Waals surface area contributed by atoms with Crippen molar-refractivity contribution in [1.29, 1.82) is 0 Å². The van der Waals surface area contributed by atoms with Crippen LogP contribution in [0.3, 0.4) is 0 Å². The highest BCUT2D eigenvalue weighted by Crippen LogP contribution is 2.27. The third-order valence-electron chi connectivity index (χ3n) is 4.44. The van der Waals surface area contributed by atoms with Crippen LogP contribution in [-0.2, 0) is 4.79 Å². The molecule has 32 heavy (non-hydrogen) atoms. The lowest BCUT2D eigenvalue weighted by atomic mass is 10.1. The van der Waals surface area contributed by atoms with E-state index in [-0.39, 0.29) is 23.5 Å². The lowest BCUT2D eigenvalue weighted by Crippen LogP contribution is -2.32. The van der Waals surface area contributed by atoms with Gasteiger partial charge in [0.2, 0.25) is 5.91 Å². The Kier molecular flexibility index (Phi) is 7.02. The number of carbonyl (C=O) groups excluding carboxylic acids is 2. The van der Waals surface area contributed by atoms with Gasteiger partial charge < -0.3 is 20.1 Å². The van der Waals surface area contributed by atoms with Crippen molar-refractivity contribution in [3.8, 4) is 17.2 Å². The molecule has 3 aromatic rings. The number of rotatable bonds is 8. The Morgan fingerprint density at radius 1 is 0.969 bits per heavy atom. The normalized spacial score (nSPS) is 10.2. The molecule has 0 radical (unpaired) electrons. The number of methoxy groups -OCH3 is 1. The first-order valence-corrected chi connectivity index (χ1v) is 9.61. The summed E-state index contributed by atoms with van der Waals surface area (Å²) in [6.45, 7) is 1.69. The number of anilines is 1. The van der Waals surface area contributed by atoms with Crippen LogP contribution in [0.2, 0.25) is 0 Å². The van der Waals surface area contributed by atoms with Crippen molar-refractivity contribution >= 4 is 23.2 Å². The Morgan fingerprint density at radius 3 is 2.19 bits per heavy atom. The van der Waals surface area contributed by atoms with Crippen LogP contribution in [-0.4, -0.2) is 30.4 Å². The van der Waals surface area contributed by atoms with E-state index in [0.717, 1.165) is 11.6 Å². The summed E-state index contributed by atoms with van der Waals surface area (Å²) in [6, 6.07) is 18.2. The fourth-order valence-corrected chi connectivity index (χ4v) is 2.79. The molecule has 2 amide bonds. The van der Waals surface area contributed by atoms with Crippen molar-refractivity contribution in [3.05, 3.63) is 88.0 Å². The summed E-state index contributed by atoms with van der Waals surface area (Å²) in [4.78, 5) is 34.8. The number of ether oxygens (including phenoxy) is 2. The highest BCUT2D eigenvalue weighted by Gasteiger charge is 2.18. The monoisotopic (exact) mass is 435 g/mol. The molecular formula is C23H21N3O6. The van der Waals surface area contributed by atoms with Crippen LogP contribution in [0, 0.1) is 17.0 Å². The van der Waals surface area contributed by atoms with E-state index >= 15 is 0 Å². The first-order valence-electron chi connectivity index (χ1n) is 9.61. The number of amides is 2. The van der Waals surface area contributed by atoms with Crippen LogP contribution in [0.25, 0.3) is 0 Å². The van der Waals surface area contributed by atoms with Crippen molar-refractivity contribution in [2.24, 2.45) is 0 Å². The lowest BCUT2D eigenvalue weighted by molar-refractivity contribution is -0.385. The van der Waals surface area contributed by atoms with Crippen LogP contribution in [0.15, 0.2) is 66.7 Å². The number of nitrogens with zero attached hydrogens (tertiary/aromatic N) is 1. The van der Waals surface area contributed by atoms with Gasteiger partial charge in [-0.25, -0.2) is 0 Å². The quantitative estimate of drug-likeness (QED) is 0.406. The third kappa shape index (κ3) is 5.82. The smallest absolute Gasteiger partial charge is 0.311 e. The molecule has 0 aliphatic rings. The summed E-state index contributed by atoms with van der Waals surface area (Å²) in [5, 5.41) is 16.2. The summed E-state index contributed by atoms with van der Waals surface area (Å²) in [5.41, 5.74) is 1.37. The molecule has 0 fully saturated rings. The van der Waals surface area contributed by atoms with Gasteiger partial charge in [0, 0.05) is 17.3 Å². The maximum Gasteiger partial charge on any atom is 0.311 e. The van der Waals surface area contributed by atoms with E-state index in [1.807, 2.05) is 31.2 Å². The van der Waals surface area contributed by atoms with E-state index < -0.39 is 16.7 Å². The van der Waals surface area contributed by atoms with Crippen molar-refractivity contribution in [1.82, 2.24) is 5.32 Å². The van der Waals surface area contributed by atoms with E-state index in [1.54, 1.807) is 24.3 Å². The predicted molar refractivity (Wildman–Crippen MR) is 118 cm³/mol. The Bertz CT molecular complexity index is 1130. The second kappa shape index (κ2) is 10.1. The summed E-state index contributed by atoms with van der Waals surface area (Å²) < 4.78 is 10.6. The van der Waals surface area contributed by atoms with E-state index in [1.165, 1.54) is 19.2 Å². The van der Waals surface area contributed by atoms with Gasteiger partial charge in [0.05, 0.1) is 18.6 Å². The van der Waals surface area contributed by atoms with Crippen molar-refractivity contribution in [2.45, 2.75) is 6.92 Å². The number of aryl methyl sites for hydroxylation is 1. The minimum atomic E-state index is -0.644. The van der Waals surface area contributed by atoms with Crippen LogP contribution < -0.4 is 20.1 Å². The SMILES string of the molecule is COc1ccc(C(=O)NCC(=O)Nc2ccc(Oc3ccc(C)cc3)cc2)cc1[N+](=O)[O-]. The molecule has 164 valence electrons. The van der Waals surface area contributed by atoms with E-state index in [9.17, 15) is 19.7 Å². The maximum absolute atomic E-state index is 12.2. The van der Waals surface area contributed by atoms with Crippen molar-refractivity contribution in [3.63, 3.8) is 0 Å². The highest BCUT2D eigenvalue weighted by molar-refractivity contribution is 5.99. The van der Waals surface area contributed by atoms with Gasteiger partial charge in [0.1, 0.15) is 11.5 Å². The molecule has 3 aromatic carbocycles. The number of nitro benzene ring substituents is 1. The summed E-state index contributed by atoms with van der Waals surface area (Å²) >= 11 is 0. The van der Waals surface area contributed by atoms with Gasteiger partial charge in [-0.2, -0.15) is 0 Å². The van der Waals surface area contributed by atoms with E-state index in [0.29, 0.717) is 17.2 Å². The number of hydrogen-bond acceptors (Lipinski definition) is 6. The van der Waals surface area contributed by atoms with Crippen LogP contribution in [0.1, 0.15) is 15.9 Å². The fourth-order valence-electron chi connectivity index (χ4n) is 2.79. The van der Waals surface area contributed by atoms with Crippen LogP contribution >= 0.6 is 0 Å². The molecule has 0 unspecified atom stereocenters. The molecule has 0 aliphatic carbocycles. The Hall–Kier alpha value is -4.40. The van der Waals surface area contributed by atoms with Crippen LogP contribution in [0.4, 0.5) is 11.4 Å². The highest BCUT2D eigenvalue weighted by atomic mass is 16.6. The van der Waals surface area contributed by atoms with Gasteiger partial charge in [-0.05, 0) is 55.5 Å². The molecule has 0 aliphatic heterocycles. The lowest BCUT2D eigenvalue weighted by Gasteiger charge is -2.09. The zero-order valence-electron chi connectivity index (χ0n) is 17.5. The van der Waals surface area contributed by atoms with E-state index in [4.69, 9.17) is 9.47 Å². The number of nitro groups is 1. The molecule has 9 heteroatoms. The average Bonchev–Trinajstić information content (AvgIpc) is 2.79. The van der Waals surface area contributed by atoms with Gasteiger partial charge in [0.25, 0.3) is 5.91 Å². The van der Waals surface area contributed by atoms with Gasteiger partial charge in [0.15, 0.2) is 5.75 Å². The summed E-state index contributed by atoms with van der Waals surface area (Å²) in [5.74, 6) is 0.288. The van der Waals surface area contributed by atoms with Gasteiger partial charge in [-0.1, -0.05) is 17.7 Å². The molecule has 0 spiro atoms. The van der Waals surface area contributed by atoms with Crippen molar-refractivity contribution < 1.29 is 24.0 Å². The Labute approximate surface area is 184 Å². The second-order valence-electron chi connectivity index (χ2n) is 6.81. The molecule has 9 nitrogen and oxygen atoms in total. The zero-order valence-corrected chi connectivity index (χ0v) is 17.5. The van der Waals surface area contributed by atoms with Gasteiger partial charge in [-0.3, -0.25) is 19.7 Å². The average molecular weight is 435 g/mol. The fraction of sp³-hybridized carbons (Fsp3) is 0.130. The molecule has 2 N–H and O–H groups in total. The number of benzene rings is 3. The first-order chi connectivity index (χ1) is 15.4. The summed E-state index contributed by atoms with van der Waals surface area (Å²) in [7, 11) is 1.30. The molecule has 0 atom stereocenters. The third-order valence-corrected chi connectivity index (χ3v) is 4.44. The zero-order chi connectivity index (χ0) is 23.1. The molecule has 0 saturated carbocycles. The largest absolute Gasteiger partial charge is 0.490 e. The minimum Gasteiger partial charge on any atom is -0.490 e. The second-order valence-corrected chi connectivity index (χ2v) is 6.81. The topological polar surface area (TPSA) is 120 Å². The molecule has 0 heterocycles. The standard InChI is InChI=1S/C23H21N3O6/c1-15-3-8-18(9-4-15)32-19-10-6-17(7-11-19)25-22(27)14-24-23(28)16-5-12-21(31-2)20(13-16)26(29)30/h3-13H,14H2,1-2H3,(H,24,28)(H,25,27).